The molecule has 0 heterocycles. The Morgan fingerprint density at radius 3 is 1.91 bits per heavy atom. The van der Waals surface area contributed by atoms with Crippen molar-refractivity contribution in [2.45, 2.75) is 89.7 Å². The van der Waals surface area contributed by atoms with Gasteiger partial charge in [0, 0.05) is 0 Å². The third-order valence-corrected chi connectivity index (χ3v) is 6.51. The minimum atomic E-state index is -0.587. The van der Waals surface area contributed by atoms with Crippen molar-refractivity contribution in [1.82, 2.24) is 0 Å². The largest absolute Gasteiger partial charge is 0.468 e. The number of thiocarbonyl (C=S) groups is 1. The summed E-state index contributed by atoms with van der Waals surface area (Å²) in [6.07, 6.45) is 13.5. The van der Waals surface area contributed by atoms with E-state index in [9.17, 15) is 4.79 Å². The number of esters is 1. The summed E-state index contributed by atoms with van der Waals surface area (Å²) in [5.74, 6) is 0.837. The maximum Gasteiger partial charge on any atom is 0.321 e. The van der Waals surface area contributed by atoms with E-state index < -0.39 is 4.75 Å². The second-order valence-corrected chi connectivity index (χ2v) is 10.3. The van der Waals surface area contributed by atoms with Gasteiger partial charge in [0.25, 0.3) is 0 Å². The zero-order valence-electron chi connectivity index (χ0n) is 15.3. The van der Waals surface area contributed by atoms with Gasteiger partial charge in [0.05, 0.1) is 7.11 Å². The van der Waals surface area contributed by atoms with Crippen molar-refractivity contribution in [1.29, 1.82) is 0 Å². The zero-order valence-corrected chi connectivity index (χ0v) is 17.8. The maximum atomic E-state index is 11.6. The molecule has 0 aromatic rings. The van der Waals surface area contributed by atoms with Crippen LogP contribution in [0.25, 0.3) is 0 Å². The van der Waals surface area contributed by atoms with E-state index in [2.05, 4.69) is 6.92 Å². The van der Waals surface area contributed by atoms with Gasteiger partial charge in [0.2, 0.25) is 0 Å². The van der Waals surface area contributed by atoms with E-state index >= 15 is 0 Å². The summed E-state index contributed by atoms with van der Waals surface area (Å²) >= 11 is 8.49. The standard InChI is InChI=1S/C18H34O2S3/c1-5-6-7-8-9-10-11-12-13-14-15-22-17(21)23-18(2,3)16(19)20-4/h5-15H2,1-4H3. The van der Waals surface area contributed by atoms with Gasteiger partial charge in [0.1, 0.15) is 8.28 Å². The highest BCUT2D eigenvalue weighted by Gasteiger charge is 2.31. The van der Waals surface area contributed by atoms with E-state index in [-0.39, 0.29) is 5.97 Å². The molecule has 0 saturated carbocycles. The fourth-order valence-corrected chi connectivity index (χ4v) is 5.35. The third kappa shape index (κ3) is 13.2. The van der Waals surface area contributed by atoms with E-state index in [4.69, 9.17) is 17.0 Å². The number of hydrogen-bond acceptors (Lipinski definition) is 5. The summed E-state index contributed by atoms with van der Waals surface area (Å²) in [7, 11) is 1.42. The summed E-state index contributed by atoms with van der Waals surface area (Å²) in [5.41, 5.74) is 0. The van der Waals surface area contributed by atoms with Crippen molar-refractivity contribution < 1.29 is 9.53 Å². The summed E-state index contributed by atoms with van der Waals surface area (Å²) < 4.78 is 5.06. The number of carbonyl (C=O) groups excluding carboxylic acids is 1. The lowest BCUT2D eigenvalue weighted by atomic mass is 10.1. The average molecular weight is 379 g/mol. The molecule has 23 heavy (non-hydrogen) atoms. The van der Waals surface area contributed by atoms with Gasteiger partial charge >= 0.3 is 5.97 Å². The number of unbranched alkanes of at least 4 members (excludes halogenated alkanes) is 9. The molecule has 5 heteroatoms. The Bertz CT molecular complexity index is 330. The highest BCUT2D eigenvalue weighted by molar-refractivity contribution is 8.47. The van der Waals surface area contributed by atoms with E-state index in [1.807, 2.05) is 13.8 Å². The van der Waals surface area contributed by atoms with Crippen LogP contribution in [0.5, 0.6) is 0 Å². The predicted molar refractivity (Wildman–Crippen MR) is 111 cm³/mol. The molecule has 0 rings (SSSR count). The smallest absolute Gasteiger partial charge is 0.321 e. The number of methoxy groups -OCH3 is 1. The summed E-state index contributed by atoms with van der Waals surface area (Å²) in [6, 6.07) is 0. The molecule has 2 nitrogen and oxygen atoms in total. The van der Waals surface area contributed by atoms with E-state index in [0.717, 1.165) is 9.28 Å². The van der Waals surface area contributed by atoms with Crippen LogP contribution in [-0.4, -0.2) is 27.1 Å². The molecule has 0 fully saturated rings. The summed E-state index contributed by atoms with van der Waals surface area (Å²) in [6.45, 7) is 5.98. The van der Waals surface area contributed by atoms with Crippen LogP contribution in [0.3, 0.4) is 0 Å². The van der Waals surface area contributed by atoms with E-state index in [1.54, 1.807) is 11.8 Å². The number of hydrogen-bond donors (Lipinski definition) is 0. The molecule has 0 amide bonds. The molecular formula is C18H34O2S3. The fourth-order valence-electron chi connectivity index (χ4n) is 2.27. The second-order valence-electron chi connectivity index (χ2n) is 6.38. The Balaban J connectivity index is 3.48. The highest BCUT2D eigenvalue weighted by Crippen LogP contribution is 2.32. The molecule has 0 N–H and O–H groups in total. The van der Waals surface area contributed by atoms with E-state index in [0.29, 0.717) is 0 Å². The van der Waals surface area contributed by atoms with Gasteiger partial charge in [-0.1, -0.05) is 88.7 Å². The Hall–Kier alpha value is 0.260. The van der Waals surface area contributed by atoms with Crippen LogP contribution in [-0.2, 0) is 9.53 Å². The van der Waals surface area contributed by atoms with Crippen LogP contribution in [0.1, 0.15) is 85.0 Å². The number of ether oxygens (including phenoxy) is 1. The van der Waals surface area contributed by atoms with Crippen molar-refractivity contribution in [3.8, 4) is 0 Å². The quantitative estimate of drug-likeness (QED) is 0.204. The molecular weight excluding hydrogens is 344 g/mol. The minimum Gasteiger partial charge on any atom is -0.468 e. The monoisotopic (exact) mass is 378 g/mol. The van der Waals surface area contributed by atoms with Crippen LogP contribution in [0, 0.1) is 0 Å². The maximum absolute atomic E-state index is 11.6. The Morgan fingerprint density at radius 1 is 0.957 bits per heavy atom. The van der Waals surface area contributed by atoms with Crippen LogP contribution < -0.4 is 0 Å². The lowest BCUT2D eigenvalue weighted by Gasteiger charge is -2.20. The first-order valence-electron chi connectivity index (χ1n) is 8.88. The predicted octanol–water partition coefficient (Wildman–Crippen LogP) is 6.61. The number of thioether (sulfide) groups is 2. The molecule has 0 radical (unpaired) electrons. The van der Waals surface area contributed by atoms with Crippen LogP contribution in [0.15, 0.2) is 0 Å². The van der Waals surface area contributed by atoms with Crippen molar-refractivity contribution in [2.24, 2.45) is 0 Å². The zero-order chi connectivity index (χ0) is 17.6. The van der Waals surface area contributed by atoms with Gasteiger partial charge in [-0.15, -0.1) is 11.8 Å². The summed E-state index contributed by atoms with van der Waals surface area (Å²) in [5, 5.41) is 0. The fraction of sp³-hybridized carbons (Fsp3) is 0.889. The molecule has 0 spiro atoms. The van der Waals surface area contributed by atoms with Crippen molar-refractivity contribution in [3.63, 3.8) is 0 Å². The molecule has 136 valence electrons. The first-order valence-corrected chi connectivity index (χ1v) is 11.1. The van der Waals surface area contributed by atoms with Gasteiger partial charge < -0.3 is 4.74 Å². The number of carbonyl (C=O) groups is 1. The second kappa shape index (κ2) is 14.6. The normalized spacial score (nSPS) is 11.5. The van der Waals surface area contributed by atoms with Crippen LogP contribution >= 0.6 is 35.7 Å². The van der Waals surface area contributed by atoms with Crippen LogP contribution in [0.4, 0.5) is 0 Å². The van der Waals surface area contributed by atoms with Gasteiger partial charge in [-0.25, -0.2) is 0 Å². The van der Waals surface area contributed by atoms with Gasteiger partial charge in [0.15, 0.2) is 0 Å². The number of rotatable bonds is 13. The first-order chi connectivity index (χ1) is 10.9. The Kier molecular flexibility index (Phi) is 14.8. The van der Waals surface area contributed by atoms with Gasteiger partial charge in [-0.05, 0) is 26.0 Å². The van der Waals surface area contributed by atoms with Crippen LogP contribution in [0.2, 0.25) is 0 Å². The van der Waals surface area contributed by atoms with Crippen molar-refractivity contribution >= 4 is 45.2 Å². The average Bonchev–Trinajstić information content (AvgIpc) is 2.51. The highest BCUT2D eigenvalue weighted by atomic mass is 32.2. The van der Waals surface area contributed by atoms with Crippen molar-refractivity contribution in [2.75, 3.05) is 12.9 Å². The SMILES string of the molecule is CCCCCCCCCCCCSC(=S)SC(C)(C)C(=O)OC. The summed E-state index contributed by atoms with van der Waals surface area (Å²) in [4.78, 5) is 11.6. The molecule has 0 bridgehead atoms. The minimum absolute atomic E-state index is 0.218. The molecule has 0 aliphatic rings. The Morgan fingerprint density at radius 2 is 1.43 bits per heavy atom. The molecule has 0 aromatic heterocycles. The lowest BCUT2D eigenvalue weighted by Crippen LogP contribution is -2.29. The topological polar surface area (TPSA) is 26.3 Å². The van der Waals surface area contributed by atoms with Crippen molar-refractivity contribution in [3.05, 3.63) is 0 Å². The molecule has 0 atom stereocenters. The molecule has 0 aliphatic carbocycles. The first kappa shape index (κ1) is 23.3. The Labute approximate surface area is 157 Å². The molecule has 0 aromatic carbocycles. The molecule has 0 aliphatic heterocycles. The van der Waals surface area contributed by atoms with Gasteiger partial charge in [-0.3, -0.25) is 4.79 Å². The van der Waals surface area contributed by atoms with E-state index in [1.165, 1.54) is 83.1 Å². The van der Waals surface area contributed by atoms with Gasteiger partial charge in [-0.2, -0.15) is 0 Å². The third-order valence-electron chi connectivity index (χ3n) is 3.73. The lowest BCUT2D eigenvalue weighted by molar-refractivity contribution is -0.142. The molecule has 0 unspecified atom stereocenters. The molecule has 0 saturated heterocycles.